The molecule has 2 N–H and O–H groups in total. The first-order valence-corrected chi connectivity index (χ1v) is 8.80. The summed E-state index contributed by atoms with van der Waals surface area (Å²) in [6.07, 6.45) is 1.60. The quantitative estimate of drug-likeness (QED) is 0.566. The predicted octanol–water partition coefficient (Wildman–Crippen LogP) is 4.69. The average Bonchev–Trinajstić information content (AvgIpc) is 2.61. The van der Waals surface area contributed by atoms with E-state index in [1.807, 2.05) is 42.5 Å². The van der Waals surface area contributed by atoms with E-state index < -0.39 is 0 Å². The van der Waals surface area contributed by atoms with Gasteiger partial charge in [0.2, 0.25) is 0 Å². The Hall–Kier alpha value is -2.28. The number of aliphatic imine (C=N–C) groups is 1. The third-order valence-corrected chi connectivity index (χ3v) is 4.25. The molecule has 2 aromatic rings. The van der Waals surface area contributed by atoms with Crippen LogP contribution in [-0.2, 0) is 6.42 Å². The minimum Gasteiger partial charge on any atom is -0.401 e. The van der Waals surface area contributed by atoms with Crippen molar-refractivity contribution in [3.8, 4) is 6.07 Å². The zero-order chi connectivity index (χ0) is 18.2. The Morgan fingerprint density at radius 3 is 2.64 bits per heavy atom. The van der Waals surface area contributed by atoms with Crippen molar-refractivity contribution in [2.45, 2.75) is 12.8 Å². The van der Waals surface area contributed by atoms with Gasteiger partial charge in [0.25, 0.3) is 0 Å². The first kappa shape index (κ1) is 19.1. The van der Waals surface area contributed by atoms with Crippen LogP contribution in [0, 0.1) is 11.3 Å². The van der Waals surface area contributed by atoms with Crippen LogP contribution in [0.4, 0.5) is 0 Å². The number of hydrogen-bond donors (Lipinski definition) is 1. The van der Waals surface area contributed by atoms with Gasteiger partial charge in [-0.2, -0.15) is 5.26 Å². The van der Waals surface area contributed by atoms with Crippen LogP contribution in [0.25, 0.3) is 0 Å². The molecule has 0 aliphatic rings. The van der Waals surface area contributed by atoms with E-state index in [0.29, 0.717) is 27.9 Å². The van der Waals surface area contributed by atoms with Gasteiger partial charge in [-0.05, 0) is 30.5 Å². The molecule has 0 spiro atoms. The lowest BCUT2D eigenvalue weighted by Crippen LogP contribution is -2.09. The van der Waals surface area contributed by atoms with E-state index in [0.717, 1.165) is 29.5 Å². The Labute approximate surface area is 158 Å². The van der Waals surface area contributed by atoms with E-state index in [-0.39, 0.29) is 6.54 Å². The van der Waals surface area contributed by atoms with Gasteiger partial charge in [0.1, 0.15) is 0 Å². The molecule has 0 heterocycles. The number of nitrogens with two attached hydrogens (primary N) is 1. The molecule has 0 aliphatic heterocycles. The van der Waals surface area contributed by atoms with Crippen molar-refractivity contribution in [2.24, 2.45) is 10.7 Å². The fourth-order valence-electron chi connectivity index (χ4n) is 2.47. The smallest absolute Gasteiger partial charge is 0.0994 e. The molecule has 0 aliphatic carbocycles. The summed E-state index contributed by atoms with van der Waals surface area (Å²) >= 11 is 12.1. The van der Waals surface area contributed by atoms with Crippen molar-refractivity contribution in [2.75, 3.05) is 12.4 Å². The van der Waals surface area contributed by atoms with Crippen LogP contribution in [0.3, 0.4) is 0 Å². The van der Waals surface area contributed by atoms with Gasteiger partial charge in [-0.25, -0.2) is 0 Å². The van der Waals surface area contributed by atoms with Crippen molar-refractivity contribution in [3.63, 3.8) is 0 Å². The summed E-state index contributed by atoms with van der Waals surface area (Å²) < 4.78 is 0. The molecule has 0 unspecified atom stereocenters. The lowest BCUT2D eigenvalue weighted by atomic mass is 9.96. The third kappa shape index (κ3) is 5.09. The highest BCUT2D eigenvalue weighted by atomic mass is 35.5. The first-order valence-electron chi connectivity index (χ1n) is 7.88. The van der Waals surface area contributed by atoms with Gasteiger partial charge < -0.3 is 5.73 Å². The van der Waals surface area contributed by atoms with Gasteiger partial charge in [0.05, 0.1) is 23.9 Å². The number of alkyl halides is 1. The van der Waals surface area contributed by atoms with Crippen molar-refractivity contribution in [3.05, 3.63) is 82.0 Å². The van der Waals surface area contributed by atoms with Crippen molar-refractivity contribution < 1.29 is 0 Å². The summed E-state index contributed by atoms with van der Waals surface area (Å²) in [6.45, 7) is 3.98. The van der Waals surface area contributed by atoms with Gasteiger partial charge in [-0.3, -0.25) is 4.99 Å². The number of benzene rings is 2. The first-order chi connectivity index (χ1) is 12.1. The van der Waals surface area contributed by atoms with Crippen LogP contribution in [0.2, 0.25) is 5.02 Å². The molecule has 0 aromatic heterocycles. The maximum atomic E-state index is 9.48. The van der Waals surface area contributed by atoms with Crippen LogP contribution in [0.15, 0.2) is 59.7 Å². The van der Waals surface area contributed by atoms with E-state index in [1.165, 1.54) is 0 Å². The molecule has 25 heavy (non-hydrogen) atoms. The van der Waals surface area contributed by atoms with Crippen LogP contribution in [0.5, 0.6) is 0 Å². The Balaban J connectivity index is 2.51. The normalized spacial score (nSPS) is 11.2. The second-order valence-electron chi connectivity index (χ2n) is 5.58. The summed E-state index contributed by atoms with van der Waals surface area (Å²) in [5.41, 5.74) is 10.0. The van der Waals surface area contributed by atoms with Crippen molar-refractivity contribution in [1.82, 2.24) is 0 Å². The third-order valence-electron chi connectivity index (χ3n) is 3.65. The molecule has 2 rings (SSSR count). The van der Waals surface area contributed by atoms with E-state index >= 15 is 0 Å². The average molecular weight is 372 g/mol. The Morgan fingerprint density at radius 1 is 1.24 bits per heavy atom. The van der Waals surface area contributed by atoms with Crippen LogP contribution < -0.4 is 5.73 Å². The molecule has 5 heteroatoms. The highest BCUT2D eigenvalue weighted by molar-refractivity contribution is 6.35. The van der Waals surface area contributed by atoms with Crippen LogP contribution in [-0.4, -0.2) is 18.1 Å². The summed E-state index contributed by atoms with van der Waals surface area (Å²) in [6, 6.07) is 15.5. The number of nitriles is 1. The molecule has 0 fully saturated rings. The zero-order valence-electron chi connectivity index (χ0n) is 13.8. The lowest BCUT2D eigenvalue weighted by Gasteiger charge is -2.12. The standard InChI is InChI=1S/C20H19Cl2N3/c1-14(24)13-25-20(18-6-2-3-7-19(18)22)16-9-8-15(5-4-10-21)17(11-16)12-23/h2-3,6-9,11H,1,4-5,10,13,24H2. The number of aryl methyl sites for hydroxylation is 1. The molecule has 3 nitrogen and oxygen atoms in total. The minimum absolute atomic E-state index is 0.288. The Bertz CT molecular complexity index is 835. The number of hydrogen-bond acceptors (Lipinski definition) is 3. The van der Waals surface area contributed by atoms with E-state index in [4.69, 9.17) is 28.9 Å². The molecule has 0 saturated heterocycles. The van der Waals surface area contributed by atoms with Crippen LogP contribution in [0.1, 0.15) is 28.7 Å². The highest BCUT2D eigenvalue weighted by Gasteiger charge is 2.13. The second-order valence-corrected chi connectivity index (χ2v) is 6.36. The largest absolute Gasteiger partial charge is 0.401 e. The number of nitrogens with zero attached hydrogens (tertiary/aromatic N) is 2. The fourth-order valence-corrected chi connectivity index (χ4v) is 2.83. The van der Waals surface area contributed by atoms with Crippen molar-refractivity contribution >= 4 is 28.9 Å². The topological polar surface area (TPSA) is 62.2 Å². The maximum absolute atomic E-state index is 9.48. The Morgan fingerprint density at radius 2 is 2.00 bits per heavy atom. The molecule has 0 atom stereocenters. The van der Waals surface area contributed by atoms with Gasteiger partial charge >= 0.3 is 0 Å². The molecule has 128 valence electrons. The highest BCUT2D eigenvalue weighted by Crippen LogP contribution is 2.22. The molecular weight excluding hydrogens is 353 g/mol. The van der Waals surface area contributed by atoms with Crippen LogP contribution >= 0.6 is 23.2 Å². The number of halogens is 2. The Kier molecular flexibility index (Phi) is 7.06. The summed E-state index contributed by atoms with van der Waals surface area (Å²) in [5, 5.41) is 10.1. The maximum Gasteiger partial charge on any atom is 0.0994 e. The van der Waals surface area contributed by atoms with Gasteiger partial charge in [-0.1, -0.05) is 48.5 Å². The van der Waals surface area contributed by atoms with Gasteiger partial charge in [-0.15, -0.1) is 11.6 Å². The zero-order valence-corrected chi connectivity index (χ0v) is 15.3. The summed E-state index contributed by atoms with van der Waals surface area (Å²) in [4.78, 5) is 4.57. The number of rotatable bonds is 7. The molecule has 0 bridgehead atoms. The SMILES string of the molecule is C=C(N)CN=C(c1ccc(CCCCl)c(C#N)c1)c1ccccc1Cl. The van der Waals surface area contributed by atoms with E-state index in [2.05, 4.69) is 17.6 Å². The molecule has 0 radical (unpaired) electrons. The van der Waals surface area contributed by atoms with Gasteiger partial charge in [0.15, 0.2) is 0 Å². The second kappa shape index (κ2) is 9.27. The summed E-state index contributed by atoms with van der Waals surface area (Å²) in [7, 11) is 0. The molecule has 2 aromatic carbocycles. The lowest BCUT2D eigenvalue weighted by molar-refractivity contribution is 0.925. The molecular formula is C20H19Cl2N3. The van der Waals surface area contributed by atoms with E-state index in [9.17, 15) is 5.26 Å². The van der Waals surface area contributed by atoms with Crippen molar-refractivity contribution in [1.29, 1.82) is 5.26 Å². The monoisotopic (exact) mass is 371 g/mol. The van der Waals surface area contributed by atoms with Gasteiger partial charge in [0, 0.05) is 27.7 Å². The summed E-state index contributed by atoms with van der Waals surface area (Å²) in [5.74, 6) is 0.567. The minimum atomic E-state index is 0.288. The molecule has 0 amide bonds. The fraction of sp³-hybridized carbons (Fsp3) is 0.200. The predicted molar refractivity (Wildman–Crippen MR) is 105 cm³/mol. The van der Waals surface area contributed by atoms with E-state index in [1.54, 1.807) is 0 Å². The molecule has 0 saturated carbocycles.